The lowest BCUT2D eigenvalue weighted by Crippen LogP contribution is -1.91. The highest BCUT2D eigenvalue weighted by Gasteiger charge is 2.08. The van der Waals surface area contributed by atoms with Gasteiger partial charge in [0.05, 0.1) is 17.2 Å². The van der Waals surface area contributed by atoms with E-state index in [0.717, 1.165) is 6.07 Å². The first-order valence-corrected chi connectivity index (χ1v) is 4.53. The maximum absolute atomic E-state index is 10.4. The monoisotopic (exact) mass is 233 g/mol. The molecule has 8 nitrogen and oxygen atoms in total. The number of phenolic OH excluding ortho intramolecular Hbond substituents is 1. The zero-order valence-corrected chi connectivity index (χ0v) is 8.46. The highest BCUT2D eigenvalue weighted by Crippen LogP contribution is 2.21. The van der Waals surface area contributed by atoms with E-state index in [0.29, 0.717) is 5.56 Å². The van der Waals surface area contributed by atoms with Crippen molar-refractivity contribution in [3.8, 4) is 5.75 Å². The number of phenols is 1. The Bertz CT molecular complexity index is 564. The summed E-state index contributed by atoms with van der Waals surface area (Å²) in [6.45, 7) is 0. The third-order valence-corrected chi connectivity index (χ3v) is 1.96. The SMILES string of the molecule is O=[N+]([O-])c1ccc(C=Nn2cnnc2)c(O)c1. The summed E-state index contributed by atoms with van der Waals surface area (Å²) < 4.78 is 1.33. The van der Waals surface area contributed by atoms with E-state index in [-0.39, 0.29) is 11.4 Å². The molecule has 0 aliphatic rings. The van der Waals surface area contributed by atoms with E-state index < -0.39 is 4.92 Å². The molecule has 0 bridgehead atoms. The third-order valence-electron chi connectivity index (χ3n) is 1.96. The van der Waals surface area contributed by atoms with Crippen LogP contribution >= 0.6 is 0 Å². The van der Waals surface area contributed by atoms with Crippen molar-refractivity contribution in [2.45, 2.75) is 0 Å². The van der Waals surface area contributed by atoms with E-state index in [1.165, 1.54) is 35.7 Å². The first-order valence-electron chi connectivity index (χ1n) is 4.53. The number of non-ortho nitro benzene ring substituents is 1. The van der Waals surface area contributed by atoms with Crippen molar-refractivity contribution in [3.05, 3.63) is 46.5 Å². The van der Waals surface area contributed by atoms with E-state index >= 15 is 0 Å². The Morgan fingerprint density at radius 1 is 1.41 bits per heavy atom. The van der Waals surface area contributed by atoms with Crippen molar-refractivity contribution in [3.63, 3.8) is 0 Å². The van der Waals surface area contributed by atoms with E-state index in [9.17, 15) is 15.2 Å². The fraction of sp³-hybridized carbons (Fsp3) is 0. The number of benzene rings is 1. The Kier molecular flexibility index (Phi) is 2.77. The average molecular weight is 233 g/mol. The summed E-state index contributed by atoms with van der Waals surface area (Å²) in [5.74, 6) is -0.212. The molecule has 1 aromatic heterocycles. The molecule has 0 aliphatic heterocycles. The minimum atomic E-state index is -0.583. The van der Waals surface area contributed by atoms with Gasteiger partial charge in [-0.1, -0.05) is 0 Å². The molecule has 17 heavy (non-hydrogen) atoms. The number of nitro groups is 1. The van der Waals surface area contributed by atoms with Crippen LogP contribution in [0.25, 0.3) is 0 Å². The second-order valence-electron chi connectivity index (χ2n) is 3.09. The van der Waals surface area contributed by atoms with Crippen LogP contribution < -0.4 is 0 Å². The van der Waals surface area contributed by atoms with E-state index in [1.54, 1.807) is 0 Å². The number of hydrogen-bond acceptors (Lipinski definition) is 6. The molecule has 86 valence electrons. The molecule has 1 aromatic carbocycles. The maximum Gasteiger partial charge on any atom is 0.273 e. The summed E-state index contributed by atoms with van der Waals surface area (Å²) in [6, 6.07) is 3.75. The van der Waals surface area contributed by atoms with Gasteiger partial charge in [-0.15, -0.1) is 10.2 Å². The molecule has 0 spiro atoms. The van der Waals surface area contributed by atoms with Crippen molar-refractivity contribution in [2.24, 2.45) is 5.10 Å². The van der Waals surface area contributed by atoms with Crippen LogP contribution in [-0.2, 0) is 0 Å². The van der Waals surface area contributed by atoms with Crippen molar-refractivity contribution >= 4 is 11.9 Å². The molecule has 0 fully saturated rings. The smallest absolute Gasteiger partial charge is 0.273 e. The number of aromatic nitrogens is 3. The average Bonchev–Trinajstić information content (AvgIpc) is 2.80. The third kappa shape index (κ3) is 2.43. The Morgan fingerprint density at radius 2 is 2.12 bits per heavy atom. The minimum Gasteiger partial charge on any atom is -0.507 e. The molecule has 2 aromatic rings. The van der Waals surface area contributed by atoms with Crippen LogP contribution in [0.15, 0.2) is 36.0 Å². The van der Waals surface area contributed by atoms with Gasteiger partial charge in [0.15, 0.2) is 0 Å². The molecule has 0 atom stereocenters. The number of nitro benzene ring substituents is 1. The van der Waals surface area contributed by atoms with E-state index in [4.69, 9.17) is 0 Å². The second kappa shape index (κ2) is 4.39. The summed E-state index contributed by atoms with van der Waals surface area (Å²) in [4.78, 5) is 9.87. The van der Waals surface area contributed by atoms with Gasteiger partial charge in [-0.2, -0.15) is 5.10 Å². The van der Waals surface area contributed by atoms with Crippen LogP contribution in [0.5, 0.6) is 5.75 Å². The molecule has 0 saturated heterocycles. The standard InChI is InChI=1S/C9H7N5O3/c15-9-3-8(14(16)17)2-1-7(9)4-12-13-5-10-11-6-13/h1-6,15H. The van der Waals surface area contributed by atoms with Crippen molar-refractivity contribution in [2.75, 3.05) is 0 Å². The molecular weight excluding hydrogens is 226 g/mol. The van der Waals surface area contributed by atoms with Gasteiger partial charge in [0.1, 0.15) is 18.4 Å². The molecule has 0 amide bonds. The largest absolute Gasteiger partial charge is 0.507 e. The van der Waals surface area contributed by atoms with Gasteiger partial charge >= 0.3 is 0 Å². The van der Waals surface area contributed by atoms with E-state index in [2.05, 4.69) is 15.3 Å². The normalized spacial score (nSPS) is 10.8. The van der Waals surface area contributed by atoms with Gasteiger partial charge in [0.25, 0.3) is 5.69 Å². The minimum absolute atomic E-state index is 0.177. The lowest BCUT2D eigenvalue weighted by atomic mass is 10.2. The van der Waals surface area contributed by atoms with Crippen molar-refractivity contribution in [1.82, 2.24) is 14.9 Å². The number of hydrogen-bond donors (Lipinski definition) is 1. The Morgan fingerprint density at radius 3 is 2.71 bits per heavy atom. The molecule has 1 heterocycles. The molecule has 0 aliphatic carbocycles. The van der Waals surface area contributed by atoms with Gasteiger partial charge in [-0.05, 0) is 6.07 Å². The van der Waals surface area contributed by atoms with Crippen LogP contribution in [-0.4, -0.2) is 31.1 Å². The zero-order chi connectivity index (χ0) is 12.3. The van der Waals surface area contributed by atoms with Gasteiger partial charge in [-0.3, -0.25) is 10.1 Å². The molecule has 8 heteroatoms. The fourth-order valence-electron chi connectivity index (χ4n) is 1.14. The van der Waals surface area contributed by atoms with Crippen LogP contribution in [0.4, 0.5) is 5.69 Å². The summed E-state index contributed by atoms with van der Waals surface area (Å²) >= 11 is 0. The molecular formula is C9H7N5O3. The highest BCUT2D eigenvalue weighted by molar-refractivity contribution is 5.83. The number of nitrogens with zero attached hydrogens (tertiary/aromatic N) is 5. The predicted octanol–water partition coefficient (Wildman–Crippen LogP) is 0.774. The molecule has 1 N–H and O–H groups in total. The Labute approximate surface area is 95.0 Å². The van der Waals surface area contributed by atoms with Gasteiger partial charge in [-0.25, -0.2) is 4.68 Å². The van der Waals surface area contributed by atoms with Gasteiger partial charge in [0, 0.05) is 11.6 Å². The van der Waals surface area contributed by atoms with Crippen LogP contribution in [0.3, 0.4) is 0 Å². The molecule has 2 rings (SSSR count). The summed E-state index contributed by atoms with van der Waals surface area (Å²) in [7, 11) is 0. The molecule has 0 unspecified atom stereocenters. The summed E-state index contributed by atoms with van der Waals surface area (Å²) in [5, 5.41) is 31.0. The molecule has 0 radical (unpaired) electrons. The molecule has 0 saturated carbocycles. The van der Waals surface area contributed by atoms with Crippen LogP contribution in [0, 0.1) is 10.1 Å². The van der Waals surface area contributed by atoms with Gasteiger partial charge in [0.2, 0.25) is 0 Å². The topological polar surface area (TPSA) is 106 Å². The lowest BCUT2D eigenvalue weighted by molar-refractivity contribution is -0.384. The van der Waals surface area contributed by atoms with Crippen molar-refractivity contribution < 1.29 is 10.0 Å². The lowest BCUT2D eigenvalue weighted by Gasteiger charge is -1.98. The fourth-order valence-corrected chi connectivity index (χ4v) is 1.14. The Balaban J connectivity index is 2.25. The zero-order valence-electron chi connectivity index (χ0n) is 8.46. The first kappa shape index (κ1) is 10.7. The van der Waals surface area contributed by atoms with Gasteiger partial charge < -0.3 is 5.11 Å². The Hall–Kier alpha value is -2.77. The maximum atomic E-state index is 10.4. The predicted molar refractivity (Wildman–Crippen MR) is 57.8 cm³/mol. The van der Waals surface area contributed by atoms with Crippen LogP contribution in [0.2, 0.25) is 0 Å². The first-order chi connectivity index (χ1) is 8.16. The number of aromatic hydroxyl groups is 1. The number of rotatable bonds is 3. The van der Waals surface area contributed by atoms with Crippen LogP contribution in [0.1, 0.15) is 5.56 Å². The highest BCUT2D eigenvalue weighted by atomic mass is 16.6. The van der Waals surface area contributed by atoms with Crippen molar-refractivity contribution in [1.29, 1.82) is 0 Å². The summed E-state index contributed by atoms with van der Waals surface area (Å²) in [6.07, 6.45) is 4.10. The summed E-state index contributed by atoms with van der Waals surface area (Å²) in [5.41, 5.74) is 0.188. The quantitative estimate of drug-likeness (QED) is 0.478. The van der Waals surface area contributed by atoms with E-state index in [1.807, 2.05) is 0 Å². The second-order valence-corrected chi connectivity index (χ2v) is 3.09.